The molecule has 1 aromatic carbocycles. The monoisotopic (exact) mass is 261 g/mol. The molecule has 0 fully saturated rings. The van der Waals surface area contributed by atoms with Crippen LogP contribution < -0.4 is 5.32 Å². The van der Waals surface area contributed by atoms with E-state index in [0.29, 0.717) is 35.0 Å². The highest BCUT2D eigenvalue weighted by atomic mass is 35.5. The topological polar surface area (TPSA) is 49.3 Å². The van der Waals surface area contributed by atoms with Crippen LogP contribution in [0.25, 0.3) is 0 Å². The van der Waals surface area contributed by atoms with E-state index >= 15 is 0 Å². The van der Waals surface area contributed by atoms with E-state index in [1.165, 1.54) is 0 Å². The molecule has 3 nitrogen and oxygen atoms in total. The zero-order valence-corrected chi connectivity index (χ0v) is 10.2. The predicted octanol–water partition coefficient (Wildman–Crippen LogP) is 3.09. The van der Waals surface area contributed by atoms with Crippen LogP contribution in [0.15, 0.2) is 18.2 Å². The molecular formula is C11H13Cl2NO2. The van der Waals surface area contributed by atoms with Crippen molar-refractivity contribution in [3.63, 3.8) is 0 Å². The molecule has 0 aliphatic rings. The average Bonchev–Trinajstić information content (AvgIpc) is 2.16. The van der Waals surface area contributed by atoms with E-state index in [2.05, 4.69) is 5.32 Å². The van der Waals surface area contributed by atoms with Gasteiger partial charge in [-0.2, -0.15) is 0 Å². The minimum absolute atomic E-state index is 0.105. The average molecular weight is 262 g/mol. The normalized spacial score (nSPS) is 10.2. The van der Waals surface area contributed by atoms with Gasteiger partial charge in [0, 0.05) is 28.8 Å². The molecule has 0 aromatic heterocycles. The van der Waals surface area contributed by atoms with E-state index in [1.54, 1.807) is 18.2 Å². The summed E-state index contributed by atoms with van der Waals surface area (Å²) >= 11 is 11.6. The van der Waals surface area contributed by atoms with Crippen molar-refractivity contribution < 1.29 is 9.90 Å². The number of aliphatic hydroxyl groups excluding tert-OH is 1. The Morgan fingerprint density at radius 2 is 1.81 bits per heavy atom. The second kappa shape index (κ2) is 6.74. The van der Waals surface area contributed by atoms with Crippen molar-refractivity contribution in [3.05, 3.63) is 28.2 Å². The molecule has 0 spiro atoms. The molecular weight excluding hydrogens is 249 g/mol. The Bertz CT molecular complexity index is 349. The van der Waals surface area contributed by atoms with Gasteiger partial charge in [-0.05, 0) is 31.0 Å². The lowest BCUT2D eigenvalue weighted by atomic mass is 10.2. The number of nitrogens with one attached hydrogen (secondary N) is 1. The molecule has 0 saturated carbocycles. The minimum Gasteiger partial charge on any atom is -0.396 e. The van der Waals surface area contributed by atoms with E-state index in [1.807, 2.05) is 0 Å². The van der Waals surface area contributed by atoms with Crippen molar-refractivity contribution >= 4 is 34.8 Å². The molecule has 1 aromatic rings. The van der Waals surface area contributed by atoms with Gasteiger partial charge >= 0.3 is 0 Å². The first-order valence-corrected chi connectivity index (χ1v) is 5.74. The van der Waals surface area contributed by atoms with Gasteiger partial charge in [0.05, 0.1) is 0 Å². The molecule has 88 valence electrons. The number of amides is 1. The number of hydrogen-bond donors (Lipinski definition) is 2. The highest BCUT2D eigenvalue weighted by Gasteiger charge is 2.03. The van der Waals surface area contributed by atoms with Crippen LogP contribution in [0.1, 0.15) is 19.3 Å². The second-order valence-corrected chi connectivity index (χ2v) is 4.26. The van der Waals surface area contributed by atoms with E-state index in [-0.39, 0.29) is 12.5 Å². The first-order valence-electron chi connectivity index (χ1n) is 4.98. The van der Waals surface area contributed by atoms with Gasteiger partial charge in [-0.3, -0.25) is 4.79 Å². The third kappa shape index (κ3) is 4.84. The Morgan fingerprint density at radius 3 is 2.38 bits per heavy atom. The summed E-state index contributed by atoms with van der Waals surface area (Å²) in [5.74, 6) is -0.105. The third-order valence-electron chi connectivity index (χ3n) is 1.96. The van der Waals surface area contributed by atoms with Crippen LogP contribution >= 0.6 is 23.2 Å². The predicted molar refractivity (Wildman–Crippen MR) is 66.0 cm³/mol. The lowest BCUT2D eigenvalue weighted by molar-refractivity contribution is -0.116. The molecule has 0 heterocycles. The molecule has 5 heteroatoms. The van der Waals surface area contributed by atoms with Crippen LogP contribution in [-0.2, 0) is 4.79 Å². The number of anilines is 1. The lowest BCUT2D eigenvalue weighted by Crippen LogP contribution is -2.11. The standard InChI is InChI=1S/C11H13Cl2NO2/c12-8-5-9(13)7-10(6-8)14-11(16)3-1-2-4-15/h5-7,15H,1-4H2,(H,14,16). The Labute approximate surface area is 104 Å². The summed E-state index contributed by atoms with van der Waals surface area (Å²) in [5.41, 5.74) is 0.589. The van der Waals surface area contributed by atoms with Crippen molar-refractivity contribution in [3.8, 4) is 0 Å². The molecule has 0 aliphatic carbocycles. The summed E-state index contributed by atoms with van der Waals surface area (Å²) in [4.78, 5) is 11.4. The smallest absolute Gasteiger partial charge is 0.224 e. The molecule has 0 unspecified atom stereocenters. The molecule has 2 N–H and O–H groups in total. The Balaban J connectivity index is 2.49. The minimum atomic E-state index is -0.105. The van der Waals surface area contributed by atoms with Crippen molar-refractivity contribution in [1.82, 2.24) is 0 Å². The highest BCUT2D eigenvalue weighted by Crippen LogP contribution is 2.22. The maximum absolute atomic E-state index is 11.4. The molecule has 1 amide bonds. The van der Waals surface area contributed by atoms with Gasteiger partial charge in [0.1, 0.15) is 0 Å². The SMILES string of the molecule is O=C(CCCCO)Nc1cc(Cl)cc(Cl)c1. The quantitative estimate of drug-likeness (QED) is 0.801. The molecule has 0 radical (unpaired) electrons. The molecule has 0 atom stereocenters. The van der Waals surface area contributed by atoms with Crippen molar-refractivity contribution in [2.75, 3.05) is 11.9 Å². The van der Waals surface area contributed by atoms with Gasteiger partial charge in [-0.15, -0.1) is 0 Å². The summed E-state index contributed by atoms with van der Waals surface area (Å²) in [5, 5.41) is 12.2. The van der Waals surface area contributed by atoms with E-state index in [4.69, 9.17) is 28.3 Å². The summed E-state index contributed by atoms with van der Waals surface area (Å²) in [6.45, 7) is 0.107. The van der Waals surface area contributed by atoms with Gasteiger partial charge in [0.2, 0.25) is 5.91 Å². The number of carbonyl (C=O) groups is 1. The number of carbonyl (C=O) groups excluding carboxylic acids is 1. The van der Waals surface area contributed by atoms with Crippen LogP contribution in [0.3, 0.4) is 0 Å². The summed E-state index contributed by atoms with van der Waals surface area (Å²) in [6, 6.07) is 4.87. The number of rotatable bonds is 5. The zero-order chi connectivity index (χ0) is 12.0. The van der Waals surface area contributed by atoms with Gasteiger partial charge in [0.15, 0.2) is 0 Å². The lowest BCUT2D eigenvalue weighted by Gasteiger charge is -2.05. The number of unbranched alkanes of at least 4 members (excludes halogenated alkanes) is 1. The largest absolute Gasteiger partial charge is 0.396 e. The zero-order valence-electron chi connectivity index (χ0n) is 8.67. The fourth-order valence-corrected chi connectivity index (χ4v) is 1.77. The van der Waals surface area contributed by atoms with E-state index in [0.717, 1.165) is 0 Å². The maximum Gasteiger partial charge on any atom is 0.224 e. The van der Waals surface area contributed by atoms with Crippen molar-refractivity contribution in [2.45, 2.75) is 19.3 Å². The van der Waals surface area contributed by atoms with E-state index < -0.39 is 0 Å². The molecule has 0 aliphatic heterocycles. The number of benzene rings is 1. The van der Waals surface area contributed by atoms with Crippen molar-refractivity contribution in [1.29, 1.82) is 0 Å². The first kappa shape index (κ1) is 13.3. The molecule has 0 bridgehead atoms. The Hall–Kier alpha value is -0.770. The van der Waals surface area contributed by atoms with Crippen molar-refractivity contribution in [2.24, 2.45) is 0 Å². The van der Waals surface area contributed by atoms with Crippen LogP contribution in [0.5, 0.6) is 0 Å². The number of hydrogen-bond acceptors (Lipinski definition) is 2. The first-order chi connectivity index (χ1) is 7.61. The van der Waals surface area contributed by atoms with Crippen LogP contribution in [-0.4, -0.2) is 17.6 Å². The van der Waals surface area contributed by atoms with Gasteiger partial charge < -0.3 is 10.4 Å². The Morgan fingerprint density at radius 1 is 1.19 bits per heavy atom. The van der Waals surface area contributed by atoms with Gasteiger partial charge in [-0.1, -0.05) is 23.2 Å². The third-order valence-corrected chi connectivity index (χ3v) is 2.39. The van der Waals surface area contributed by atoms with Gasteiger partial charge in [0.25, 0.3) is 0 Å². The molecule has 1 rings (SSSR count). The van der Waals surface area contributed by atoms with E-state index in [9.17, 15) is 4.79 Å². The molecule has 0 saturated heterocycles. The highest BCUT2D eigenvalue weighted by molar-refractivity contribution is 6.35. The van der Waals surface area contributed by atoms with Crippen LogP contribution in [0.2, 0.25) is 10.0 Å². The molecule has 16 heavy (non-hydrogen) atoms. The van der Waals surface area contributed by atoms with Gasteiger partial charge in [-0.25, -0.2) is 0 Å². The maximum atomic E-state index is 11.4. The second-order valence-electron chi connectivity index (χ2n) is 3.39. The number of aliphatic hydroxyl groups is 1. The summed E-state index contributed by atoms with van der Waals surface area (Å²) < 4.78 is 0. The summed E-state index contributed by atoms with van der Waals surface area (Å²) in [6.07, 6.45) is 1.67. The van der Waals surface area contributed by atoms with Crippen LogP contribution in [0.4, 0.5) is 5.69 Å². The summed E-state index contributed by atoms with van der Waals surface area (Å²) in [7, 11) is 0. The fraction of sp³-hybridized carbons (Fsp3) is 0.364. The Kier molecular flexibility index (Phi) is 5.60. The fourth-order valence-electron chi connectivity index (χ4n) is 1.25. The van der Waals surface area contributed by atoms with Crippen LogP contribution in [0, 0.1) is 0 Å². The number of halogens is 2.